The molecule has 0 aromatic heterocycles. The molecule has 1 saturated carbocycles. The van der Waals surface area contributed by atoms with E-state index in [1.54, 1.807) is 0 Å². The topological polar surface area (TPSA) is 6.48 Å². The predicted octanol–water partition coefficient (Wildman–Crippen LogP) is 8.61. The zero-order chi connectivity index (χ0) is 28.8. The molecule has 0 atom stereocenters. The van der Waals surface area contributed by atoms with Crippen LogP contribution in [0, 0.1) is 0 Å². The van der Waals surface area contributed by atoms with Gasteiger partial charge in [0.1, 0.15) is 0 Å². The molecule has 44 heavy (non-hydrogen) atoms. The van der Waals surface area contributed by atoms with E-state index in [0.717, 1.165) is 0 Å². The van der Waals surface area contributed by atoms with Gasteiger partial charge in [-0.2, -0.15) is 0 Å². The molecule has 208 valence electrons. The van der Waals surface area contributed by atoms with Gasteiger partial charge >= 0.3 is 0 Å². The van der Waals surface area contributed by atoms with Gasteiger partial charge in [0.25, 0.3) is 6.71 Å². The first-order chi connectivity index (χ1) is 21.8. The Labute approximate surface area is 259 Å². The van der Waals surface area contributed by atoms with Crippen LogP contribution in [-0.4, -0.2) is 6.71 Å². The van der Waals surface area contributed by atoms with Gasteiger partial charge in [0.05, 0.1) is 0 Å². The molecule has 0 radical (unpaired) electrons. The number of fused-ring (bicyclic) bond motifs is 9. The molecule has 2 nitrogen and oxygen atoms in total. The predicted molar refractivity (Wildman–Crippen MR) is 185 cm³/mol. The third-order valence-corrected chi connectivity index (χ3v) is 10.8. The van der Waals surface area contributed by atoms with Gasteiger partial charge in [0.2, 0.25) is 0 Å². The van der Waals surface area contributed by atoms with Crippen LogP contribution in [0.3, 0.4) is 0 Å². The largest absolute Gasteiger partial charge is 0.311 e. The maximum Gasteiger partial charge on any atom is 0.252 e. The molecule has 6 aromatic rings. The lowest BCUT2D eigenvalue weighted by Crippen LogP contribution is -2.61. The van der Waals surface area contributed by atoms with Gasteiger partial charge in [-0.3, -0.25) is 0 Å². The molecule has 1 fully saturated rings. The van der Waals surface area contributed by atoms with E-state index in [9.17, 15) is 0 Å². The molecular weight excluding hydrogens is 531 g/mol. The van der Waals surface area contributed by atoms with Crippen LogP contribution in [0.2, 0.25) is 0 Å². The van der Waals surface area contributed by atoms with Gasteiger partial charge in [-0.1, -0.05) is 104 Å². The van der Waals surface area contributed by atoms with Crippen molar-refractivity contribution in [2.75, 3.05) is 9.80 Å². The molecule has 0 saturated heterocycles. The summed E-state index contributed by atoms with van der Waals surface area (Å²) < 4.78 is 0. The second-order valence-corrected chi connectivity index (χ2v) is 12.8. The maximum absolute atomic E-state index is 2.53. The van der Waals surface area contributed by atoms with Crippen molar-refractivity contribution in [1.82, 2.24) is 0 Å². The lowest BCUT2D eigenvalue weighted by molar-refractivity contribution is 0.550. The number of nitrogens with zero attached hydrogens (tertiary/aromatic N) is 2. The molecule has 0 amide bonds. The Morgan fingerprint density at radius 1 is 0.455 bits per heavy atom. The molecule has 6 aromatic carbocycles. The van der Waals surface area contributed by atoms with E-state index < -0.39 is 0 Å². The Morgan fingerprint density at radius 3 is 1.75 bits per heavy atom. The molecule has 0 unspecified atom stereocenters. The lowest BCUT2D eigenvalue weighted by Gasteiger charge is -2.44. The van der Waals surface area contributed by atoms with Crippen LogP contribution in [0.4, 0.5) is 34.1 Å². The number of benzene rings is 6. The quantitative estimate of drug-likeness (QED) is 0.195. The number of anilines is 6. The Balaban J connectivity index is 1.23. The second-order valence-electron chi connectivity index (χ2n) is 12.8. The van der Waals surface area contributed by atoms with Crippen molar-refractivity contribution in [3.63, 3.8) is 0 Å². The van der Waals surface area contributed by atoms with Crippen LogP contribution in [0.5, 0.6) is 0 Å². The minimum absolute atomic E-state index is 0.168. The van der Waals surface area contributed by atoms with Gasteiger partial charge in [-0.05, 0) is 100 Å². The Kier molecular flexibility index (Phi) is 5.00. The van der Waals surface area contributed by atoms with Gasteiger partial charge in [0.15, 0.2) is 0 Å². The summed E-state index contributed by atoms with van der Waals surface area (Å²) in [6.45, 7) is 0.168. The van der Waals surface area contributed by atoms with E-state index in [0.29, 0.717) is 0 Å². The van der Waals surface area contributed by atoms with E-state index in [1.807, 2.05) is 0 Å². The molecule has 4 aliphatic rings. The second kappa shape index (κ2) is 9.00. The summed E-state index contributed by atoms with van der Waals surface area (Å²) in [4.78, 5) is 4.99. The van der Waals surface area contributed by atoms with Crippen LogP contribution in [0.1, 0.15) is 36.8 Å². The van der Waals surface area contributed by atoms with Crippen molar-refractivity contribution in [3.05, 3.63) is 151 Å². The molecule has 2 heterocycles. The summed E-state index contributed by atoms with van der Waals surface area (Å²) in [5.41, 5.74) is 17.7. The minimum atomic E-state index is 0.168. The van der Waals surface area contributed by atoms with E-state index in [-0.39, 0.29) is 12.1 Å². The molecule has 0 bridgehead atoms. The highest BCUT2D eigenvalue weighted by Gasteiger charge is 2.46. The Morgan fingerprint density at radius 2 is 1.02 bits per heavy atom. The summed E-state index contributed by atoms with van der Waals surface area (Å²) in [6.07, 6.45) is 5.13. The third-order valence-electron chi connectivity index (χ3n) is 10.8. The highest BCUT2D eigenvalue weighted by atomic mass is 15.2. The fraction of sp³-hybridized carbons (Fsp3) is 0.122. The first kappa shape index (κ1) is 24.4. The molecular formula is C41H31BN2. The molecule has 1 spiro atoms. The van der Waals surface area contributed by atoms with Crippen molar-refractivity contribution in [3.8, 4) is 11.1 Å². The van der Waals surface area contributed by atoms with E-state index in [4.69, 9.17) is 0 Å². The first-order valence-electron chi connectivity index (χ1n) is 16.0. The van der Waals surface area contributed by atoms with Crippen molar-refractivity contribution >= 4 is 57.2 Å². The summed E-state index contributed by atoms with van der Waals surface area (Å²) in [5.74, 6) is 0. The Hall–Kier alpha value is -5.02. The van der Waals surface area contributed by atoms with Crippen molar-refractivity contribution in [2.24, 2.45) is 0 Å². The molecule has 2 aliphatic heterocycles. The fourth-order valence-electron chi connectivity index (χ4n) is 9.08. The Bertz CT molecular complexity index is 2110. The fourth-order valence-corrected chi connectivity index (χ4v) is 9.08. The van der Waals surface area contributed by atoms with Gasteiger partial charge in [-0.15, -0.1) is 0 Å². The summed E-state index contributed by atoms with van der Waals surface area (Å²) in [7, 11) is 0. The lowest BCUT2D eigenvalue weighted by atomic mass is 9.33. The third kappa shape index (κ3) is 3.12. The van der Waals surface area contributed by atoms with Gasteiger partial charge in [-0.25, -0.2) is 0 Å². The van der Waals surface area contributed by atoms with Crippen LogP contribution in [-0.2, 0) is 5.41 Å². The van der Waals surface area contributed by atoms with Crippen LogP contribution < -0.4 is 26.2 Å². The zero-order valence-corrected chi connectivity index (χ0v) is 24.6. The van der Waals surface area contributed by atoms with Gasteiger partial charge in [0, 0.05) is 39.5 Å². The standard InChI is InChI=1S/C41H31BN2/c1-2-13-28(14-3-1)43-36-19-8-6-17-34(36)42-35-18-7-9-20-37(35)44(39-22-12-21-38(43)40(39)42)29-23-24-33-31(27-29)30-15-4-5-16-32(30)41(33)25-10-11-26-41/h1-9,12-24,27H,10-11,25-26H2. The minimum Gasteiger partial charge on any atom is -0.311 e. The average Bonchev–Trinajstić information content (AvgIpc) is 3.69. The number of hydrogen-bond donors (Lipinski definition) is 0. The average molecular weight is 563 g/mol. The van der Waals surface area contributed by atoms with E-state index in [1.165, 1.54) is 98.4 Å². The number of hydrogen-bond acceptors (Lipinski definition) is 2. The highest BCUT2D eigenvalue weighted by Crippen LogP contribution is 2.57. The summed E-state index contributed by atoms with van der Waals surface area (Å²) in [6, 6.07) is 52.3. The van der Waals surface area contributed by atoms with Crippen molar-refractivity contribution in [2.45, 2.75) is 31.1 Å². The number of para-hydroxylation sites is 3. The SMILES string of the molecule is c1ccc(N2c3ccccc3B3c4ccccc4N(c4ccc5c(c4)-c4ccccc4C54CCCC4)c4cccc2c43)cc1. The van der Waals surface area contributed by atoms with Crippen LogP contribution >= 0.6 is 0 Å². The van der Waals surface area contributed by atoms with Gasteiger partial charge < -0.3 is 9.80 Å². The first-order valence-corrected chi connectivity index (χ1v) is 16.0. The normalized spacial score (nSPS) is 16.3. The van der Waals surface area contributed by atoms with Crippen molar-refractivity contribution < 1.29 is 0 Å². The van der Waals surface area contributed by atoms with Crippen molar-refractivity contribution in [1.29, 1.82) is 0 Å². The molecule has 3 heteroatoms. The molecule has 2 aliphatic carbocycles. The zero-order valence-electron chi connectivity index (χ0n) is 24.6. The molecule has 10 rings (SSSR count). The number of rotatable bonds is 2. The summed E-state index contributed by atoms with van der Waals surface area (Å²) >= 11 is 0. The maximum atomic E-state index is 2.53. The smallest absolute Gasteiger partial charge is 0.252 e. The highest BCUT2D eigenvalue weighted by molar-refractivity contribution is 7.00. The van der Waals surface area contributed by atoms with E-state index >= 15 is 0 Å². The van der Waals surface area contributed by atoms with Crippen LogP contribution in [0.15, 0.2) is 140 Å². The molecule has 0 N–H and O–H groups in total. The monoisotopic (exact) mass is 562 g/mol. The van der Waals surface area contributed by atoms with Crippen LogP contribution in [0.25, 0.3) is 11.1 Å². The summed E-state index contributed by atoms with van der Waals surface area (Å²) in [5, 5.41) is 0. The van der Waals surface area contributed by atoms with E-state index in [2.05, 4.69) is 149 Å².